The second-order valence-electron chi connectivity index (χ2n) is 3.05. The van der Waals surface area contributed by atoms with Gasteiger partial charge in [0.15, 0.2) is 5.82 Å². The first-order valence-electron chi connectivity index (χ1n) is 4.48. The summed E-state index contributed by atoms with van der Waals surface area (Å²) in [5.74, 6) is 1.68. The Morgan fingerprint density at radius 1 is 1.71 bits per heavy atom. The van der Waals surface area contributed by atoms with E-state index in [1.54, 1.807) is 11.8 Å². The van der Waals surface area contributed by atoms with Gasteiger partial charge in [-0.25, -0.2) is 0 Å². The predicted octanol–water partition coefficient (Wildman–Crippen LogP) is -0.289. The van der Waals surface area contributed by atoms with Gasteiger partial charge in [-0.1, -0.05) is 5.21 Å². The molecule has 1 atom stereocenters. The summed E-state index contributed by atoms with van der Waals surface area (Å²) in [6.45, 7) is 0.354. The van der Waals surface area contributed by atoms with Crippen molar-refractivity contribution in [3.8, 4) is 0 Å². The number of tetrazole rings is 1. The highest BCUT2D eigenvalue weighted by atomic mass is 32.2. The predicted molar refractivity (Wildman–Crippen MR) is 51.5 cm³/mol. The molecule has 0 saturated carbocycles. The molecular weight excluding hydrogens is 202 g/mol. The maximum absolute atomic E-state index is 11.5. The van der Waals surface area contributed by atoms with E-state index in [1.807, 2.05) is 0 Å². The molecule has 1 unspecified atom stereocenters. The SMILES string of the molecule is O=C(NCc1nn[nH]n1)C1CCCS1. The average molecular weight is 213 g/mol. The fourth-order valence-electron chi connectivity index (χ4n) is 1.32. The van der Waals surface area contributed by atoms with E-state index in [9.17, 15) is 4.79 Å². The van der Waals surface area contributed by atoms with Crippen molar-refractivity contribution in [2.45, 2.75) is 24.6 Å². The van der Waals surface area contributed by atoms with Crippen LogP contribution in [0.25, 0.3) is 0 Å². The second-order valence-corrected chi connectivity index (χ2v) is 4.36. The summed E-state index contributed by atoms with van der Waals surface area (Å²) in [6, 6.07) is 0. The Labute approximate surface area is 85.2 Å². The second kappa shape index (κ2) is 4.41. The fourth-order valence-corrected chi connectivity index (χ4v) is 2.51. The van der Waals surface area contributed by atoms with Crippen LogP contribution in [0.4, 0.5) is 0 Å². The smallest absolute Gasteiger partial charge is 0.233 e. The number of nitrogens with zero attached hydrogens (tertiary/aromatic N) is 3. The van der Waals surface area contributed by atoms with Gasteiger partial charge in [-0.3, -0.25) is 4.79 Å². The van der Waals surface area contributed by atoms with Crippen LogP contribution in [0.15, 0.2) is 0 Å². The highest BCUT2D eigenvalue weighted by molar-refractivity contribution is 8.00. The third-order valence-corrected chi connectivity index (χ3v) is 3.41. The molecule has 1 aromatic rings. The molecular formula is C7H11N5OS. The summed E-state index contributed by atoms with van der Waals surface area (Å²) in [4.78, 5) is 11.5. The fraction of sp³-hybridized carbons (Fsp3) is 0.714. The van der Waals surface area contributed by atoms with Gasteiger partial charge >= 0.3 is 0 Å². The van der Waals surface area contributed by atoms with Crippen LogP contribution in [0.5, 0.6) is 0 Å². The number of hydrogen-bond donors (Lipinski definition) is 2. The van der Waals surface area contributed by atoms with E-state index < -0.39 is 0 Å². The maximum Gasteiger partial charge on any atom is 0.233 e. The Bertz CT molecular complexity index is 295. The van der Waals surface area contributed by atoms with Gasteiger partial charge in [-0.05, 0) is 18.6 Å². The Balaban J connectivity index is 1.77. The Kier molecular flexibility index (Phi) is 2.97. The van der Waals surface area contributed by atoms with E-state index in [0.29, 0.717) is 12.4 Å². The van der Waals surface area contributed by atoms with E-state index in [2.05, 4.69) is 25.9 Å². The Morgan fingerprint density at radius 2 is 2.64 bits per heavy atom. The van der Waals surface area contributed by atoms with Gasteiger partial charge in [0, 0.05) is 0 Å². The van der Waals surface area contributed by atoms with E-state index in [4.69, 9.17) is 0 Å². The molecule has 0 radical (unpaired) electrons. The van der Waals surface area contributed by atoms with Gasteiger partial charge < -0.3 is 5.32 Å². The molecule has 1 aliphatic rings. The number of nitrogens with one attached hydrogen (secondary N) is 2. The van der Waals surface area contributed by atoms with Crippen LogP contribution < -0.4 is 5.32 Å². The number of thioether (sulfide) groups is 1. The number of aromatic nitrogens is 4. The van der Waals surface area contributed by atoms with Crippen LogP contribution in [0.2, 0.25) is 0 Å². The quantitative estimate of drug-likeness (QED) is 0.721. The zero-order chi connectivity index (χ0) is 9.80. The number of carbonyl (C=O) groups excluding carboxylic acids is 1. The van der Waals surface area contributed by atoms with E-state index >= 15 is 0 Å². The van der Waals surface area contributed by atoms with Crippen molar-refractivity contribution in [1.29, 1.82) is 0 Å². The maximum atomic E-state index is 11.5. The number of hydrogen-bond acceptors (Lipinski definition) is 5. The third-order valence-electron chi connectivity index (χ3n) is 2.03. The number of rotatable bonds is 3. The van der Waals surface area contributed by atoms with Gasteiger partial charge in [-0.15, -0.1) is 22.0 Å². The van der Waals surface area contributed by atoms with Gasteiger partial charge in [-0.2, -0.15) is 5.21 Å². The zero-order valence-corrected chi connectivity index (χ0v) is 8.38. The standard InChI is InChI=1S/C7H11N5OS/c13-7(5-2-1-3-14-5)8-4-6-9-11-12-10-6/h5H,1-4H2,(H,8,13)(H,9,10,11,12). The van der Waals surface area contributed by atoms with Gasteiger partial charge in [0.1, 0.15) is 0 Å². The molecule has 1 aromatic heterocycles. The van der Waals surface area contributed by atoms with Crippen LogP contribution in [0, 0.1) is 0 Å². The lowest BCUT2D eigenvalue weighted by atomic mass is 10.2. The molecule has 76 valence electrons. The van der Waals surface area contributed by atoms with Gasteiger partial charge in [0.25, 0.3) is 0 Å². The van der Waals surface area contributed by atoms with E-state index in [-0.39, 0.29) is 11.2 Å². The lowest BCUT2D eigenvalue weighted by molar-refractivity contribution is -0.120. The molecule has 1 amide bonds. The van der Waals surface area contributed by atoms with E-state index in [1.165, 1.54) is 0 Å². The third kappa shape index (κ3) is 2.22. The summed E-state index contributed by atoms with van der Waals surface area (Å²) in [7, 11) is 0. The van der Waals surface area contributed by atoms with Crippen molar-refractivity contribution in [3.05, 3.63) is 5.82 Å². The van der Waals surface area contributed by atoms with Crippen molar-refractivity contribution < 1.29 is 4.79 Å². The Morgan fingerprint density at radius 3 is 3.29 bits per heavy atom. The molecule has 2 rings (SSSR count). The molecule has 2 N–H and O–H groups in total. The average Bonchev–Trinajstić information content (AvgIpc) is 2.87. The Hall–Kier alpha value is -1.11. The molecule has 1 saturated heterocycles. The number of amides is 1. The molecule has 0 bridgehead atoms. The molecule has 1 aliphatic heterocycles. The molecule has 0 spiro atoms. The molecule has 14 heavy (non-hydrogen) atoms. The normalized spacial score (nSPS) is 21.0. The van der Waals surface area contributed by atoms with Crippen LogP contribution in [0.3, 0.4) is 0 Å². The zero-order valence-electron chi connectivity index (χ0n) is 7.56. The van der Waals surface area contributed by atoms with Crippen LogP contribution in [-0.2, 0) is 11.3 Å². The molecule has 0 aliphatic carbocycles. The first-order chi connectivity index (χ1) is 6.86. The summed E-state index contributed by atoms with van der Waals surface area (Å²) in [5, 5.41) is 16.1. The molecule has 6 nitrogen and oxygen atoms in total. The topological polar surface area (TPSA) is 83.6 Å². The first-order valence-corrected chi connectivity index (χ1v) is 5.53. The van der Waals surface area contributed by atoms with Crippen molar-refractivity contribution in [2.24, 2.45) is 0 Å². The van der Waals surface area contributed by atoms with Crippen molar-refractivity contribution >= 4 is 17.7 Å². The molecule has 2 heterocycles. The van der Waals surface area contributed by atoms with E-state index in [0.717, 1.165) is 18.6 Å². The van der Waals surface area contributed by atoms with Crippen LogP contribution >= 0.6 is 11.8 Å². The van der Waals surface area contributed by atoms with Crippen molar-refractivity contribution in [1.82, 2.24) is 25.9 Å². The summed E-state index contributed by atoms with van der Waals surface area (Å²) >= 11 is 1.71. The summed E-state index contributed by atoms with van der Waals surface area (Å²) in [5.41, 5.74) is 0. The lowest BCUT2D eigenvalue weighted by Crippen LogP contribution is -2.31. The highest BCUT2D eigenvalue weighted by Gasteiger charge is 2.23. The minimum atomic E-state index is 0.0808. The van der Waals surface area contributed by atoms with Crippen molar-refractivity contribution in [3.63, 3.8) is 0 Å². The molecule has 7 heteroatoms. The molecule has 0 aromatic carbocycles. The van der Waals surface area contributed by atoms with Gasteiger partial charge in [0.05, 0.1) is 11.8 Å². The lowest BCUT2D eigenvalue weighted by Gasteiger charge is -2.07. The first kappa shape index (κ1) is 9.45. The largest absolute Gasteiger partial charge is 0.348 e. The number of H-pyrrole nitrogens is 1. The monoisotopic (exact) mass is 213 g/mol. The molecule has 1 fully saturated rings. The van der Waals surface area contributed by atoms with Gasteiger partial charge in [0.2, 0.25) is 5.91 Å². The minimum Gasteiger partial charge on any atom is -0.348 e. The highest BCUT2D eigenvalue weighted by Crippen LogP contribution is 2.25. The number of carbonyl (C=O) groups is 1. The van der Waals surface area contributed by atoms with Crippen molar-refractivity contribution in [2.75, 3.05) is 5.75 Å². The summed E-state index contributed by atoms with van der Waals surface area (Å²) < 4.78 is 0. The number of aromatic amines is 1. The van der Waals surface area contributed by atoms with Crippen LogP contribution in [-0.4, -0.2) is 37.5 Å². The van der Waals surface area contributed by atoms with Crippen LogP contribution in [0.1, 0.15) is 18.7 Å². The minimum absolute atomic E-state index is 0.0808. The summed E-state index contributed by atoms with van der Waals surface area (Å²) in [6.07, 6.45) is 2.10.